The molecular weight excluding hydrogens is 400 g/mol. The smallest absolute Gasteiger partial charge is 0.225 e. The third-order valence-corrected chi connectivity index (χ3v) is 6.10. The molecular formula is C19H25BrN2O4. The highest BCUT2D eigenvalue weighted by molar-refractivity contribution is 9.10. The van der Waals surface area contributed by atoms with Crippen molar-refractivity contribution in [3.05, 3.63) is 22.2 Å². The number of likely N-dealkylation sites (tertiary alicyclic amines) is 1. The Bertz CT molecular complexity index is 655. The molecule has 0 aromatic heterocycles. The average Bonchev–Trinajstić information content (AvgIpc) is 2.69. The number of carbonyl (C=O) groups excluding carboxylic acids is 1. The summed E-state index contributed by atoms with van der Waals surface area (Å²) in [6.07, 6.45) is 1.86. The largest absolute Gasteiger partial charge is 0.486 e. The number of ether oxygens (including phenoxy) is 3. The lowest BCUT2D eigenvalue weighted by molar-refractivity contribution is -0.141. The molecule has 4 rings (SSSR count). The van der Waals surface area contributed by atoms with Crippen LogP contribution in [-0.2, 0) is 16.1 Å². The minimum absolute atomic E-state index is 0.160. The van der Waals surface area contributed by atoms with Gasteiger partial charge in [-0.2, -0.15) is 0 Å². The minimum Gasteiger partial charge on any atom is -0.486 e. The Morgan fingerprint density at radius 1 is 1.00 bits per heavy atom. The van der Waals surface area contributed by atoms with Gasteiger partial charge in [0.05, 0.1) is 13.2 Å². The second-order valence-electron chi connectivity index (χ2n) is 7.08. The maximum Gasteiger partial charge on any atom is 0.225 e. The van der Waals surface area contributed by atoms with Crippen LogP contribution in [-0.4, -0.2) is 68.3 Å². The van der Waals surface area contributed by atoms with Gasteiger partial charge in [-0.25, -0.2) is 0 Å². The van der Waals surface area contributed by atoms with Crippen LogP contribution in [0.15, 0.2) is 16.6 Å². The fraction of sp³-hybridized carbons (Fsp3) is 0.632. The molecule has 2 saturated heterocycles. The minimum atomic E-state index is 0.160. The van der Waals surface area contributed by atoms with Crippen molar-refractivity contribution in [1.29, 1.82) is 0 Å². The van der Waals surface area contributed by atoms with E-state index in [0.29, 0.717) is 32.3 Å². The topological polar surface area (TPSA) is 51.2 Å². The van der Waals surface area contributed by atoms with Crippen LogP contribution >= 0.6 is 15.9 Å². The highest BCUT2D eigenvalue weighted by atomic mass is 79.9. The van der Waals surface area contributed by atoms with Crippen molar-refractivity contribution in [3.63, 3.8) is 0 Å². The van der Waals surface area contributed by atoms with Gasteiger partial charge in [0, 0.05) is 30.0 Å². The Kier molecular flexibility index (Phi) is 5.66. The summed E-state index contributed by atoms with van der Waals surface area (Å²) in [5.41, 5.74) is 1.20. The maximum absolute atomic E-state index is 12.6. The monoisotopic (exact) mass is 424 g/mol. The van der Waals surface area contributed by atoms with Gasteiger partial charge in [0.25, 0.3) is 0 Å². The zero-order chi connectivity index (χ0) is 17.9. The van der Waals surface area contributed by atoms with E-state index in [1.165, 1.54) is 5.56 Å². The van der Waals surface area contributed by atoms with Crippen LogP contribution in [0.1, 0.15) is 18.4 Å². The number of amides is 1. The first-order valence-electron chi connectivity index (χ1n) is 9.37. The summed E-state index contributed by atoms with van der Waals surface area (Å²) in [6.45, 7) is 6.77. The lowest BCUT2D eigenvalue weighted by Crippen LogP contribution is -2.46. The van der Waals surface area contributed by atoms with Crippen molar-refractivity contribution in [1.82, 2.24) is 9.80 Å². The van der Waals surface area contributed by atoms with Gasteiger partial charge >= 0.3 is 0 Å². The van der Waals surface area contributed by atoms with E-state index >= 15 is 0 Å². The van der Waals surface area contributed by atoms with Gasteiger partial charge in [0.2, 0.25) is 5.91 Å². The number of morpholine rings is 1. The molecule has 0 aliphatic carbocycles. The molecule has 3 heterocycles. The lowest BCUT2D eigenvalue weighted by Gasteiger charge is -2.35. The first kappa shape index (κ1) is 18.1. The molecule has 0 bridgehead atoms. The molecule has 6 nitrogen and oxygen atoms in total. The first-order valence-corrected chi connectivity index (χ1v) is 10.2. The molecule has 0 saturated carbocycles. The van der Waals surface area contributed by atoms with E-state index in [2.05, 4.69) is 26.9 Å². The molecule has 0 radical (unpaired) electrons. The number of nitrogens with zero attached hydrogens (tertiary/aromatic N) is 2. The third kappa shape index (κ3) is 4.00. The average molecular weight is 425 g/mol. The molecule has 0 atom stereocenters. The number of rotatable bonds is 3. The number of hydrogen-bond acceptors (Lipinski definition) is 5. The molecule has 1 aromatic rings. The number of benzene rings is 1. The third-order valence-electron chi connectivity index (χ3n) is 5.36. The predicted octanol–water partition coefficient (Wildman–Crippen LogP) is 2.29. The predicted molar refractivity (Wildman–Crippen MR) is 101 cm³/mol. The van der Waals surface area contributed by atoms with E-state index < -0.39 is 0 Å². The van der Waals surface area contributed by atoms with Crippen molar-refractivity contribution in [3.8, 4) is 11.5 Å². The normalized spacial score (nSPS) is 21.7. The number of carbonyl (C=O) groups is 1. The standard InChI is InChI=1S/C19H25BrN2O4/c20-16-12-18-17(25-9-10-26-18)11-15(16)13-21-3-1-14(2-4-21)19(23)22-5-7-24-8-6-22/h11-12,14H,1-10,13H2. The van der Waals surface area contributed by atoms with E-state index in [-0.39, 0.29) is 5.92 Å². The van der Waals surface area contributed by atoms with Crippen LogP contribution in [0.5, 0.6) is 11.5 Å². The number of halogens is 1. The van der Waals surface area contributed by atoms with Gasteiger partial charge in [-0.3, -0.25) is 9.69 Å². The number of hydrogen-bond donors (Lipinski definition) is 0. The van der Waals surface area contributed by atoms with E-state index in [4.69, 9.17) is 14.2 Å². The Morgan fingerprint density at radius 2 is 1.65 bits per heavy atom. The van der Waals surface area contributed by atoms with Crippen LogP contribution in [0.25, 0.3) is 0 Å². The Morgan fingerprint density at radius 3 is 2.35 bits per heavy atom. The SMILES string of the molecule is O=C(C1CCN(Cc2cc3c(cc2Br)OCCO3)CC1)N1CCOCC1. The van der Waals surface area contributed by atoms with Crippen LogP contribution in [0.4, 0.5) is 0 Å². The van der Waals surface area contributed by atoms with Gasteiger partial charge in [-0.15, -0.1) is 0 Å². The van der Waals surface area contributed by atoms with Gasteiger partial charge in [0.15, 0.2) is 11.5 Å². The van der Waals surface area contributed by atoms with Crippen LogP contribution in [0.2, 0.25) is 0 Å². The van der Waals surface area contributed by atoms with E-state index in [1.54, 1.807) is 0 Å². The summed E-state index contributed by atoms with van der Waals surface area (Å²) >= 11 is 3.65. The fourth-order valence-corrected chi connectivity index (χ4v) is 4.30. The van der Waals surface area contributed by atoms with Gasteiger partial charge < -0.3 is 19.1 Å². The highest BCUT2D eigenvalue weighted by Crippen LogP contribution is 2.36. The van der Waals surface area contributed by atoms with Crippen molar-refractivity contribution in [2.45, 2.75) is 19.4 Å². The Balaban J connectivity index is 1.33. The zero-order valence-corrected chi connectivity index (χ0v) is 16.5. The molecule has 3 aliphatic heterocycles. The summed E-state index contributed by atoms with van der Waals surface area (Å²) in [6, 6.07) is 4.07. The first-order chi connectivity index (χ1) is 12.7. The molecule has 0 unspecified atom stereocenters. The van der Waals surface area contributed by atoms with Crippen LogP contribution in [0, 0.1) is 5.92 Å². The molecule has 3 aliphatic rings. The van der Waals surface area contributed by atoms with Crippen molar-refractivity contribution in [2.75, 3.05) is 52.6 Å². The summed E-state index contributed by atoms with van der Waals surface area (Å²) in [4.78, 5) is 17.0. The van der Waals surface area contributed by atoms with Crippen molar-refractivity contribution < 1.29 is 19.0 Å². The molecule has 1 amide bonds. The number of fused-ring (bicyclic) bond motifs is 1. The molecule has 26 heavy (non-hydrogen) atoms. The molecule has 2 fully saturated rings. The second kappa shape index (κ2) is 8.15. The molecule has 1 aromatic carbocycles. The quantitative estimate of drug-likeness (QED) is 0.744. The van der Waals surface area contributed by atoms with Crippen molar-refractivity contribution >= 4 is 21.8 Å². The fourth-order valence-electron chi connectivity index (χ4n) is 3.85. The van der Waals surface area contributed by atoms with E-state index in [9.17, 15) is 4.79 Å². The Hall–Kier alpha value is -1.31. The molecule has 0 N–H and O–H groups in total. The van der Waals surface area contributed by atoms with Crippen LogP contribution in [0.3, 0.4) is 0 Å². The summed E-state index contributed by atoms with van der Waals surface area (Å²) in [5.74, 6) is 2.11. The Labute approximate surface area is 162 Å². The van der Waals surface area contributed by atoms with E-state index in [1.807, 2.05) is 11.0 Å². The molecule has 0 spiro atoms. The summed E-state index contributed by atoms with van der Waals surface area (Å²) in [5, 5.41) is 0. The van der Waals surface area contributed by atoms with Gasteiger partial charge in [-0.1, -0.05) is 15.9 Å². The highest BCUT2D eigenvalue weighted by Gasteiger charge is 2.29. The second-order valence-corrected chi connectivity index (χ2v) is 7.93. The van der Waals surface area contributed by atoms with Gasteiger partial charge in [0.1, 0.15) is 13.2 Å². The van der Waals surface area contributed by atoms with Crippen molar-refractivity contribution in [2.24, 2.45) is 5.92 Å². The van der Waals surface area contributed by atoms with E-state index in [0.717, 1.165) is 61.5 Å². The zero-order valence-electron chi connectivity index (χ0n) is 14.9. The van der Waals surface area contributed by atoms with Gasteiger partial charge in [-0.05, 0) is 43.6 Å². The summed E-state index contributed by atoms with van der Waals surface area (Å²) < 4.78 is 17.7. The van der Waals surface area contributed by atoms with Crippen LogP contribution < -0.4 is 9.47 Å². The number of piperidine rings is 1. The maximum atomic E-state index is 12.6. The molecule has 7 heteroatoms. The summed E-state index contributed by atoms with van der Waals surface area (Å²) in [7, 11) is 0. The molecule has 142 valence electrons. The lowest BCUT2D eigenvalue weighted by atomic mass is 9.94.